The first-order valence-electron chi connectivity index (χ1n) is 4.68. The predicted molar refractivity (Wildman–Crippen MR) is 62.3 cm³/mol. The maximum Gasteiger partial charge on any atom is 0.230 e. The Bertz CT molecular complexity index is 485. The van der Waals surface area contributed by atoms with Gasteiger partial charge in [0.15, 0.2) is 0 Å². The van der Waals surface area contributed by atoms with Gasteiger partial charge in [-0.3, -0.25) is 0 Å². The molecule has 0 amide bonds. The minimum atomic E-state index is -0.822. The van der Waals surface area contributed by atoms with E-state index in [1.165, 1.54) is 0 Å². The fraction of sp³-hybridized carbons (Fsp3) is 0.444. The van der Waals surface area contributed by atoms with Crippen molar-refractivity contribution in [2.75, 3.05) is 17.2 Å². The molecule has 0 spiro atoms. The van der Waals surface area contributed by atoms with Gasteiger partial charge in [-0.05, 0) is 25.4 Å². The first-order valence-corrected chi connectivity index (χ1v) is 5.06. The van der Waals surface area contributed by atoms with E-state index < -0.39 is 5.54 Å². The van der Waals surface area contributed by atoms with Crippen LogP contribution in [-0.2, 0) is 0 Å². The second-order valence-corrected chi connectivity index (χ2v) is 3.96. The Morgan fingerprint density at radius 2 is 1.88 bits per heavy atom. The van der Waals surface area contributed by atoms with Crippen LogP contribution < -0.4 is 10.6 Å². The number of rotatable bonds is 4. The molecule has 0 saturated heterocycles. The molecule has 0 unspecified atom stereocenters. The average molecular weight is 252 g/mol. The van der Waals surface area contributed by atoms with Crippen LogP contribution in [0.5, 0.6) is 0 Å². The highest BCUT2D eigenvalue weighted by molar-refractivity contribution is 6.28. The summed E-state index contributed by atoms with van der Waals surface area (Å²) in [5.74, 6) is 0.361. The SMILES string of the molecule is CC(C)(C#N)Nc1nc(Cl)nc(NCC#N)n1. The number of nitrogens with one attached hydrogen (secondary N) is 2. The van der Waals surface area contributed by atoms with E-state index in [0.717, 1.165) is 0 Å². The molecule has 1 rings (SSSR count). The molecule has 0 atom stereocenters. The Labute approximate surface area is 103 Å². The second kappa shape index (κ2) is 5.28. The zero-order valence-electron chi connectivity index (χ0n) is 9.32. The molecule has 0 radical (unpaired) electrons. The van der Waals surface area contributed by atoms with Crippen molar-refractivity contribution in [1.29, 1.82) is 10.5 Å². The summed E-state index contributed by atoms with van der Waals surface area (Å²) in [6.45, 7) is 3.40. The van der Waals surface area contributed by atoms with Crippen LogP contribution in [0.25, 0.3) is 0 Å². The zero-order valence-corrected chi connectivity index (χ0v) is 10.1. The number of halogens is 1. The van der Waals surface area contributed by atoms with Crippen LogP contribution in [-0.4, -0.2) is 27.0 Å². The average Bonchev–Trinajstić information content (AvgIpc) is 2.25. The van der Waals surface area contributed by atoms with Gasteiger partial charge in [0.05, 0.1) is 12.1 Å². The molecule has 8 heteroatoms. The van der Waals surface area contributed by atoms with Crippen LogP contribution in [0, 0.1) is 22.7 Å². The normalized spacial score (nSPS) is 10.2. The van der Waals surface area contributed by atoms with E-state index in [-0.39, 0.29) is 23.7 Å². The lowest BCUT2D eigenvalue weighted by molar-refractivity contribution is 0.715. The van der Waals surface area contributed by atoms with E-state index in [0.29, 0.717) is 0 Å². The molecular weight excluding hydrogens is 242 g/mol. The number of nitrogens with zero attached hydrogens (tertiary/aromatic N) is 5. The molecule has 0 saturated carbocycles. The number of hydrogen-bond acceptors (Lipinski definition) is 7. The molecule has 1 aromatic heterocycles. The van der Waals surface area contributed by atoms with Crippen molar-refractivity contribution < 1.29 is 0 Å². The lowest BCUT2D eigenvalue weighted by Crippen LogP contribution is -2.29. The topological polar surface area (TPSA) is 110 Å². The van der Waals surface area contributed by atoms with Gasteiger partial charge in [0.2, 0.25) is 17.2 Å². The summed E-state index contributed by atoms with van der Waals surface area (Å²) in [7, 11) is 0. The summed E-state index contributed by atoms with van der Waals surface area (Å²) < 4.78 is 0. The fourth-order valence-electron chi connectivity index (χ4n) is 0.911. The highest BCUT2D eigenvalue weighted by atomic mass is 35.5. The Kier molecular flexibility index (Phi) is 4.02. The Hall–Kier alpha value is -2.12. The monoisotopic (exact) mass is 251 g/mol. The third kappa shape index (κ3) is 4.09. The second-order valence-electron chi connectivity index (χ2n) is 3.63. The summed E-state index contributed by atoms with van der Waals surface area (Å²) in [5.41, 5.74) is -0.822. The first-order chi connectivity index (χ1) is 7.96. The van der Waals surface area contributed by atoms with Crippen molar-refractivity contribution in [3.63, 3.8) is 0 Å². The maximum atomic E-state index is 8.86. The molecule has 0 aromatic carbocycles. The summed E-state index contributed by atoms with van der Waals surface area (Å²) in [4.78, 5) is 11.6. The minimum absolute atomic E-state index is 0.0170. The standard InChI is InChI=1S/C9H10ClN7/c1-9(2,5-12)17-8-15-6(10)14-7(16-8)13-4-3-11/h4H2,1-2H3,(H2,13,14,15,16,17). The highest BCUT2D eigenvalue weighted by Crippen LogP contribution is 2.13. The van der Waals surface area contributed by atoms with Crippen LogP contribution in [0.15, 0.2) is 0 Å². The largest absolute Gasteiger partial charge is 0.341 e. The molecule has 1 heterocycles. The van der Waals surface area contributed by atoms with Gasteiger partial charge in [-0.15, -0.1) is 0 Å². The molecule has 0 aliphatic carbocycles. The predicted octanol–water partition coefficient (Wildman–Crippen LogP) is 1.17. The molecule has 0 bridgehead atoms. The van der Waals surface area contributed by atoms with Gasteiger partial charge in [-0.2, -0.15) is 25.5 Å². The van der Waals surface area contributed by atoms with E-state index in [2.05, 4.69) is 25.6 Å². The molecule has 0 fully saturated rings. The van der Waals surface area contributed by atoms with Gasteiger partial charge in [-0.1, -0.05) is 0 Å². The third-order valence-electron chi connectivity index (χ3n) is 1.64. The molecule has 88 valence electrons. The van der Waals surface area contributed by atoms with E-state index in [9.17, 15) is 0 Å². The summed E-state index contributed by atoms with van der Waals surface area (Å²) in [5, 5.41) is 22.7. The number of anilines is 2. The molecule has 7 nitrogen and oxygen atoms in total. The van der Waals surface area contributed by atoms with Crippen molar-refractivity contribution in [2.24, 2.45) is 0 Å². The van der Waals surface area contributed by atoms with Gasteiger partial charge in [0, 0.05) is 0 Å². The Morgan fingerprint density at radius 1 is 1.24 bits per heavy atom. The summed E-state index contributed by atoms with van der Waals surface area (Å²) in [6.07, 6.45) is 0. The van der Waals surface area contributed by atoms with E-state index in [4.69, 9.17) is 22.1 Å². The van der Waals surface area contributed by atoms with Crippen molar-refractivity contribution in [3.05, 3.63) is 5.28 Å². The fourth-order valence-corrected chi connectivity index (χ4v) is 1.07. The van der Waals surface area contributed by atoms with E-state index in [1.54, 1.807) is 13.8 Å². The third-order valence-corrected chi connectivity index (χ3v) is 1.81. The highest BCUT2D eigenvalue weighted by Gasteiger charge is 2.18. The molecule has 1 aromatic rings. The van der Waals surface area contributed by atoms with Crippen molar-refractivity contribution in [1.82, 2.24) is 15.0 Å². The van der Waals surface area contributed by atoms with Gasteiger partial charge in [0.1, 0.15) is 12.1 Å². The van der Waals surface area contributed by atoms with Crippen molar-refractivity contribution in [3.8, 4) is 12.1 Å². The first kappa shape index (κ1) is 12.9. The molecule has 0 aliphatic rings. The van der Waals surface area contributed by atoms with Crippen molar-refractivity contribution in [2.45, 2.75) is 19.4 Å². The van der Waals surface area contributed by atoms with Gasteiger partial charge in [0.25, 0.3) is 0 Å². The number of hydrogen-bond donors (Lipinski definition) is 2. The van der Waals surface area contributed by atoms with Gasteiger partial charge >= 0.3 is 0 Å². The lowest BCUT2D eigenvalue weighted by Gasteiger charge is -2.17. The zero-order chi connectivity index (χ0) is 12.9. The summed E-state index contributed by atoms with van der Waals surface area (Å²) in [6, 6.07) is 3.93. The minimum Gasteiger partial charge on any atom is -0.341 e. The van der Waals surface area contributed by atoms with E-state index in [1.807, 2.05) is 12.1 Å². The Morgan fingerprint density at radius 3 is 2.47 bits per heavy atom. The van der Waals surface area contributed by atoms with Crippen LogP contribution in [0.4, 0.5) is 11.9 Å². The molecule has 2 N–H and O–H groups in total. The van der Waals surface area contributed by atoms with Crippen LogP contribution >= 0.6 is 11.6 Å². The van der Waals surface area contributed by atoms with Gasteiger partial charge in [-0.25, -0.2) is 0 Å². The van der Waals surface area contributed by atoms with Crippen molar-refractivity contribution >= 4 is 23.5 Å². The van der Waals surface area contributed by atoms with Gasteiger partial charge < -0.3 is 10.6 Å². The summed E-state index contributed by atoms with van der Waals surface area (Å²) >= 11 is 5.69. The van der Waals surface area contributed by atoms with Crippen LogP contribution in [0.1, 0.15) is 13.8 Å². The molecular formula is C9H10ClN7. The molecule has 0 aliphatic heterocycles. The molecule has 17 heavy (non-hydrogen) atoms. The van der Waals surface area contributed by atoms with Crippen LogP contribution in [0.2, 0.25) is 5.28 Å². The Balaban J connectivity index is 2.91. The number of aromatic nitrogens is 3. The smallest absolute Gasteiger partial charge is 0.230 e. The maximum absolute atomic E-state index is 8.86. The quantitative estimate of drug-likeness (QED) is 0.773. The lowest BCUT2D eigenvalue weighted by atomic mass is 10.1. The van der Waals surface area contributed by atoms with E-state index >= 15 is 0 Å². The van der Waals surface area contributed by atoms with Crippen LogP contribution in [0.3, 0.4) is 0 Å². The number of nitriles is 2.